The molecule has 1 N–H and O–H groups in total. The molecule has 2 saturated heterocycles. The van der Waals surface area contributed by atoms with Gasteiger partial charge in [0.1, 0.15) is 10.4 Å². The fraction of sp³-hybridized carbons (Fsp3) is 0.333. The molecular weight excluding hydrogens is 352 g/mol. The number of hydrogen-bond donors (Lipinski definition) is 1. The van der Waals surface area contributed by atoms with Crippen molar-refractivity contribution < 1.29 is 14.7 Å². The highest BCUT2D eigenvalue weighted by Gasteiger charge is 2.62. The van der Waals surface area contributed by atoms with Crippen molar-refractivity contribution in [1.82, 2.24) is 15.1 Å². The van der Waals surface area contributed by atoms with E-state index in [1.165, 1.54) is 11.3 Å². The van der Waals surface area contributed by atoms with Gasteiger partial charge in [-0.25, -0.2) is 0 Å². The summed E-state index contributed by atoms with van der Waals surface area (Å²) in [5.74, 6) is -1.62. The van der Waals surface area contributed by atoms with E-state index in [2.05, 4.69) is 16.8 Å². The van der Waals surface area contributed by atoms with E-state index in [4.69, 9.17) is 0 Å². The van der Waals surface area contributed by atoms with Crippen molar-refractivity contribution in [3.8, 4) is 10.6 Å². The van der Waals surface area contributed by atoms with Gasteiger partial charge in [0.2, 0.25) is 11.0 Å². The number of amides is 1. The summed E-state index contributed by atoms with van der Waals surface area (Å²) >= 11 is 1.41. The maximum Gasteiger partial charge on any atom is 0.314 e. The zero-order valence-corrected chi connectivity index (χ0v) is 14.9. The van der Waals surface area contributed by atoms with Crippen molar-refractivity contribution in [2.45, 2.75) is 0 Å². The fourth-order valence-corrected chi connectivity index (χ4v) is 4.66. The fourth-order valence-electron chi connectivity index (χ4n) is 3.81. The van der Waals surface area contributed by atoms with Crippen LogP contribution >= 0.6 is 11.3 Å². The molecule has 2 aliphatic heterocycles. The van der Waals surface area contributed by atoms with Crippen molar-refractivity contribution in [3.63, 3.8) is 0 Å². The number of nitrogens with zero attached hydrogens (tertiary/aromatic N) is 4. The molecule has 134 valence electrons. The second-order valence-corrected chi connectivity index (χ2v) is 7.61. The van der Waals surface area contributed by atoms with Gasteiger partial charge in [0.05, 0.1) is 5.92 Å². The first-order valence-electron chi connectivity index (χ1n) is 8.32. The summed E-state index contributed by atoms with van der Waals surface area (Å²) in [4.78, 5) is 28.1. The number of benzene rings is 1. The molecule has 0 unspecified atom stereocenters. The van der Waals surface area contributed by atoms with Crippen LogP contribution in [0.3, 0.4) is 0 Å². The Morgan fingerprint density at radius 2 is 2.12 bits per heavy atom. The Labute approximate surface area is 154 Å². The number of likely N-dealkylation sites (tertiary alicyclic amines) is 1. The molecule has 0 radical (unpaired) electrons. The molecule has 1 aromatic heterocycles. The van der Waals surface area contributed by atoms with E-state index in [0.717, 1.165) is 10.6 Å². The first-order valence-corrected chi connectivity index (χ1v) is 9.14. The first-order chi connectivity index (χ1) is 12.5. The van der Waals surface area contributed by atoms with E-state index in [1.807, 2.05) is 35.2 Å². The highest BCUT2D eigenvalue weighted by molar-refractivity contribution is 7.18. The van der Waals surface area contributed by atoms with E-state index in [0.29, 0.717) is 18.2 Å². The quantitative estimate of drug-likeness (QED) is 0.807. The van der Waals surface area contributed by atoms with Gasteiger partial charge in [-0.2, -0.15) is 0 Å². The SMILES string of the molecule is C=CCN1C[C@@]2(C(=O)O)CN(c3nnc(-c4ccccc4)s3)C[C@H]2C1=O. The molecule has 1 aromatic carbocycles. The Bertz CT molecular complexity index is 868. The molecule has 0 spiro atoms. The van der Waals surface area contributed by atoms with Crippen LogP contribution in [0.2, 0.25) is 0 Å². The number of fused-ring (bicyclic) bond motifs is 1. The summed E-state index contributed by atoms with van der Waals surface area (Å²) in [5, 5.41) is 19.8. The van der Waals surface area contributed by atoms with E-state index in [1.54, 1.807) is 11.0 Å². The van der Waals surface area contributed by atoms with Crippen LogP contribution in [-0.4, -0.2) is 58.3 Å². The second kappa shape index (κ2) is 6.21. The molecule has 26 heavy (non-hydrogen) atoms. The van der Waals surface area contributed by atoms with Gasteiger partial charge in [0.25, 0.3) is 0 Å². The Morgan fingerprint density at radius 1 is 1.35 bits per heavy atom. The van der Waals surface area contributed by atoms with Crippen molar-refractivity contribution in [3.05, 3.63) is 43.0 Å². The number of aliphatic carboxylic acids is 1. The lowest BCUT2D eigenvalue weighted by molar-refractivity contribution is -0.149. The maximum atomic E-state index is 12.6. The van der Waals surface area contributed by atoms with Crippen molar-refractivity contribution in [2.24, 2.45) is 11.3 Å². The molecular formula is C18H18N4O3S. The highest BCUT2D eigenvalue weighted by atomic mass is 32.1. The Morgan fingerprint density at radius 3 is 2.77 bits per heavy atom. The molecule has 8 heteroatoms. The van der Waals surface area contributed by atoms with Crippen molar-refractivity contribution in [1.29, 1.82) is 0 Å². The van der Waals surface area contributed by atoms with Crippen molar-refractivity contribution >= 4 is 28.3 Å². The van der Waals surface area contributed by atoms with Crippen LogP contribution in [0.5, 0.6) is 0 Å². The molecule has 4 rings (SSSR count). The number of rotatable bonds is 5. The minimum absolute atomic E-state index is 0.123. The summed E-state index contributed by atoms with van der Waals surface area (Å²) in [5.41, 5.74) is -0.129. The molecule has 2 aliphatic rings. The van der Waals surface area contributed by atoms with E-state index in [9.17, 15) is 14.7 Å². The molecule has 1 amide bonds. The standard InChI is InChI=1S/C18H18N4O3S/c1-2-8-21-10-18(16(24)25)11-22(9-13(18)15(21)23)17-20-19-14(26-17)12-6-4-3-5-7-12/h2-7,13H,1,8-11H2,(H,24,25)/t13-,18+/m0/s1. The second-order valence-electron chi connectivity index (χ2n) is 6.66. The predicted molar refractivity (Wildman–Crippen MR) is 97.9 cm³/mol. The summed E-state index contributed by atoms with van der Waals surface area (Å²) in [6.45, 7) is 4.84. The molecule has 0 saturated carbocycles. The van der Waals surface area contributed by atoms with Crippen LogP contribution in [0.15, 0.2) is 43.0 Å². The third kappa shape index (κ3) is 2.48. The van der Waals surface area contributed by atoms with Gasteiger partial charge in [-0.3, -0.25) is 9.59 Å². The van der Waals surface area contributed by atoms with E-state index < -0.39 is 17.3 Å². The smallest absolute Gasteiger partial charge is 0.314 e. The number of carboxylic acid groups (broad SMARTS) is 1. The number of carbonyl (C=O) groups excluding carboxylic acids is 1. The number of hydrogen-bond acceptors (Lipinski definition) is 6. The Balaban J connectivity index is 1.60. The third-order valence-electron chi connectivity index (χ3n) is 5.11. The molecule has 2 fully saturated rings. The van der Waals surface area contributed by atoms with Gasteiger partial charge in [-0.15, -0.1) is 16.8 Å². The van der Waals surface area contributed by atoms with E-state index in [-0.39, 0.29) is 19.0 Å². The van der Waals surface area contributed by atoms with Gasteiger partial charge in [-0.05, 0) is 0 Å². The minimum Gasteiger partial charge on any atom is -0.481 e. The molecule has 2 aromatic rings. The third-order valence-corrected chi connectivity index (χ3v) is 6.14. The predicted octanol–water partition coefficient (Wildman–Crippen LogP) is 1.74. The first kappa shape index (κ1) is 16.7. The van der Waals surface area contributed by atoms with Gasteiger partial charge in [0, 0.05) is 31.7 Å². The number of aromatic nitrogens is 2. The lowest BCUT2D eigenvalue weighted by Crippen LogP contribution is -2.41. The summed E-state index contributed by atoms with van der Waals surface area (Å²) < 4.78 is 0. The molecule has 7 nitrogen and oxygen atoms in total. The van der Waals surface area contributed by atoms with Gasteiger partial charge in [-0.1, -0.05) is 47.7 Å². The van der Waals surface area contributed by atoms with Crippen LogP contribution in [0.4, 0.5) is 5.13 Å². The van der Waals surface area contributed by atoms with Crippen LogP contribution in [-0.2, 0) is 9.59 Å². The lowest BCUT2D eigenvalue weighted by atomic mass is 9.81. The summed E-state index contributed by atoms with van der Waals surface area (Å²) in [6.07, 6.45) is 1.63. The molecule has 0 aliphatic carbocycles. The minimum atomic E-state index is -1.10. The highest BCUT2D eigenvalue weighted by Crippen LogP contribution is 2.45. The molecule has 2 atom stereocenters. The maximum absolute atomic E-state index is 12.6. The number of carboxylic acids is 1. The zero-order valence-electron chi connectivity index (χ0n) is 14.0. The number of carbonyl (C=O) groups is 2. The zero-order chi connectivity index (χ0) is 18.3. The van der Waals surface area contributed by atoms with Crippen molar-refractivity contribution in [2.75, 3.05) is 31.1 Å². The van der Waals surface area contributed by atoms with Crippen LogP contribution < -0.4 is 4.90 Å². The summed E-state index contributed by atoms with van der Waals surface area (Å²) in [6, 6.07) is 9.72. The van der Waals surface area contributed by atoms with Gasteiger partial charge < -0.3 is 14.9 Å². The van der Waals surface area contributed by atoms with Gasteiger partial charge in [0.15, 0.2) is 0 Å². The van der Waals surface area contributed by atoms with Gasteiger partial charge >= 0.3 is 5.97 Å². The molecule has 3 heterocycles. The topological polar surface area (TPSA) is 86.6 Å². The Kier molecular flexibility index (Phi) is 3.99. The largest absolute Gasteiger partial charge is 0.481 e. The number of anilines is 1. The average molecular weight is 370 g/mol. The van der Waals surface area contributed by atoms with Crippen LogP contribution in [0.1, 0.15) is 0 Å². The van der Waals surface area contributed by atoms with E-state index >= 15 is 0 Å². The lowest BCUT2D eigenvalue weighted by Gasteiger charge is -2.24. The monoisotopic (exact) mass is 370 g/mol. The average Bonchev–Trinajstić information content (AvgIpc) is 3.32. The molecule has 0 bridgehead atoms. The summed E-state index contributed by atoms with van der Waals surface area (Å²) in [7, 11) is 0. The van der Waals surface area contributed by atoms with Crippen LogP contribution in [0.25, 0.3) is 10.6 Å². The normalized spacial score (nSPS) is 24.8. The Hall–Kier alpha value is -2.74. The van der Waals surface area contributed by atoms with Crippen LogP contribution in [0, 0.1) is 11.3 Å².